The van der Waals surface area contributed by atoms with Crippen LogP contribution in [0.5, 0.6) is 5.75 Å². The minimum absolute atomic E-state index is 0.159. The van der Waals surface area contributed by atoms with E-state index in [0.29, 0.717) is 30.3 Å². The van der Waals surface area contributed by atoms with Gasteiger partial charge in [0.1, 0.15) is 12.0 Å². The molecule has 34 heavy (non-hydrogen) atoms. The smallest absolute Gasteiger partial charge is 0.416 e. The molecule has 6 nitrogen and oxygen atoms in total. The molecule has 0 spiro atoms. The van der Waals surface area contributed by atoms with Gasteiger partial charge in [0.2, 0.25) is 5.89 Å². The first kappa shape index (κ1) is 25.3. The number of para-hydroxylation sites is 1. The van der Waals surface area contributed by atoms with Gasteiger partial charge in [-0.05, 0) is 23.6 Å². The number of alkyl halides is 3. The van der Waals surface area contributed by atoms with E-state index in [0.717, 1.165) is 17.7 Å². The molecule has 1 aromatic heterocycles. The zero-order chi connectivity index (χ0) is 24.7. The SMILES string of the molecule is COc1ccccc1CN(Cc1cccc(C(F)(F)F)c1)Cc1nc(C(=O)NCC(C)C)co1. The molecule has 182 valence electrons. The monoisotopic (exact) mass is 475 g/mol. The van der Waals surface area contributed by atoms with Crippen molar-refractivity contribution >= 4 is 5.91 Å². The molecule has 0 radical (unpaired) electrons. The Hall–Kier alpha value is -3.33. The molecule has 3 aromatic rings. The van der Waals surface area contributed by atoms with Gasteiger partial charge in [0.15, 0.2) is 5.69 Å². The Labute approximate surface area is 196 Å². The van der Waals surface area contributed by atoms with E-state index < -0.39 is 11.7 Å². The van der Waals surface area contributed by atoms with Crippen molar-refractivity contribution in [2.75, 3.05) is 13.7 Å². The number of nitrogens with zero attached hydrogens (tertiary/aromatic N) is 2. The van der Waals surface area contributed by atoms with Crippen LogP contribution in [0, 0.1) is 5.92 Å². The second-order valence-electron chi connectivity index (χ2n) is 8.39. The number of carbonyl (C=O) groups is 1. The molecule has 9 heteroatoms. The van der Waals surface area contributed by atoms with Gasteiger partial charge < -0.3 is 14.5 Å². The summed E-state index contributed by atoms with van der Waals surface area (Å²) in [6.07, 6.45) is -3.14. The van der Waals surface area contributed by atoms with E-state index in [1.165, 1.54) is 12.3 Å². The van der Waals surface area contributed by atoms with Gasteiger partial charge >= 0.3 is 6.18 Å². The molecule has 0 saturated carbocycles. The van der Waals surface area contributed by atoms with Crippen LogP contribution in [0.3, 0.4) is 0 Å². The van der Waals surface area contributed by atoms with Crippen molar-refractivity contribution in [1.82, 2.24) is 15.2 Å². The lowest BCUT2D eigenvalue weighted by molar-refractivity contribution is -0.137. The zero-order valence-electron chi connectivity index (χ0n) is 19.4. The highest BCUT2D eigenvalue weighted by Crippen LogP contribution is 2.30. The van der Waals surface area contributed by atoms with E-state index in [9.17, 15) is 18.0 Å². The lowest BCUT2D eigenvalue weighted by Crippen LogP contribution is -2.27. The Balaban J connectivity index is 1.82. The third-order valence-corrected chi connectivity index (χ3v) is 5.06. The second-order valence-corrected chi connectivity index (χ2v) is 8.39. The van der Waals surface area contributed by atoms with Crippen molar-refractivity contribution in [2.24, 2.45) is 5.92 Å². The van der Waals surface area contributed by atoms with E-state index in [4.69, 9.17) is 9.15 Å². The largest absolute Gasteiger partial charge is 0.496 e. The van der Waals surface area contributed by atoms with Gasteiger partial charge in [-0.3, -0.25) is 9.69 Å². The van der Waals surface area contributed by atoms with Crippen LogP contribution < -0.4 is 10.1 Å². The molecule has 0 saturated heterocycles. The Morgan fingerprint density at radius 1 is 1.12 bits per heavy atom. The fourth-order valence-electron chi connectivity index (χ4n) is 3.41. The summed E-state index contributed by atoms with van der Waals surface area (Å²) >= 11 is 0. The van der Waals surface area contributed by atoms with Gasteiger partial charge in [-0.15, -0.1) is 0 Å². The molecule has 0 fully saturated rings. The van der Waals surface area contributed by atoms with Crippen LogP contribution in [-0.2, 0) is 25.8 Å². The van der Waals surface area contributed by atoms with Crippen LogP contribution >= 0.6 is 0 Å². The van der Waals surface area contributed by atoms with E-state index >= 15 is 0 Å². The van der Waals surface area contributed by atoms with E-state index in [1.54, 1.807) is 13.2 Å². The first-order valence-corrected chi connectivity index (χ1v) is 10.9. The number of hydrogen-bond acceptors (Lipinski definition) is 5. The first-order valence-electron chi connectivity index (χ1n) is 10.9. The van der Waals surface area contributed by atoms with E-state index in [1.807, 2.05) is 43.0 Å². The summed E-state index contributed by atoms with van der Waals surface area (Å²) in [6.45, 7) is 5.25. The molecule has 2 aromatic carbocycles. The number of ether oxygens (including phenoxy) is 1. The van der Waals surface area contributed by atoms with Gasteiger partial charge in [0.25, 0.3) is 5.91 Å². The van der Waals surface area contributed by atoms with Crippen LogP contribution in [0.15, 0.2) is 59.2 Å². The molecule has 1 heterocycles. The molecule has 1 amide bonds. The fraction of sp³-hybridized carbons (Fsp3) is 0.360. The number of amides is 1. The van der Waals surface area contributed by atoms with E-state index in [-0.39, 0.29) is 30.6 Å². The molecule has 3 rings (SSSR count). The Morgan fingerprint density at radius 3 is 2.59 bits per heavy atom. The molecule has 0 bridgehead atoms. The van der Waals surface area contributed by atoms with Crippen LogP contribution in [0.4, 0.5) is 13.2 Å². The van der Waals surface area contributed by atoms with Crippen molar-refractivity contribution in [3.63, 3.8) is 0 Å². The highest BCUT2D eigenvalue weighted by atomic mass is 19.4. The maximum absolute atomic E-state index is 13.2. The van der Waals surface area contributed by atoms with Crippen LogP contribution in [0.2, 0.25) is 0 Å². The Morgan fingerprint density at radius 2 is 1.88 bits per heavy atom. The molecule has 0 aliphatic carbocycles. The minimum atomic E-state index is -4.43. The third-order valence-electron chi connectivity index (χ3n) is 5.06. The number of carbonyl (C=O) groups excluding carboxylic acids is 1. The summed E-state index contributed by atoms with van der Waals surface area (Å²) < 4.78 is 50.5. The Bertz CT molecular complexity index is 1100. The maximum atomic E-state index is 13.2. The van der Waals surface area contributed by atoms with Crippen molar-refractivity contribution in [1.29, 1.82) is 0 Å². The number of oxazole rings is 1. The molecule has 1 N–H and O–H groups in total. The summed E-state index contributed by atoms with van der Waals surface area (Å²) in [6, 6.07) is 12.6. The molecule has 0 aliphatic rings. The maximum Gasteiger partial charge on any atom is 0.416 e. The summed E-state index contributed by atoms with van der Waals surface area (Å²) in [7, 11) is 1.56. The number of hydrogen-bond donors (Lipinski definition) is 1. The van der Waals surface area contributed by atoms with Gasteiger partial charge in [-0.1, -0.05) is 50.2 Å². The second kappa shape index (κ2) is 11.2. The van der Waals surface area contributed by atoms with Gasteiger partial charge in [0.05, 0.1) is 19.2 Å². The zero-order valence-corrected chi connectivity index (χ0v) is 19.4. The lowest BCUT2D eigenvalue weighted by Gasteiger charge is -2.22. The number of methoxy groups -OCH3 is 1. The summed E-state index contributed by atoms with van der Waals surface area (Å²) in [5.41, 5.74) is 0.805. The van der Waals surface area contributed by atoms with Gasteiger partial charge in [-0.2, -0.15) is 13.2 Å². The van der Waals surface area contributed by atoms with Crippen molar-refractivity contribution in [3.8, 4) is 5.75 Å². The number of halogens is 3. The van der Waals surface area contributed by atoms with Gasteiger partial charge in [-0.25, -0.2) is 4.98 Å². The topological polar surface area (TPSA) is 67.6 Å². The fourth-order valence-corrected chi connectivity index (χ4v) is 3.41. The third kappa shape index (κ3) is 7.08. The summed E-state index contributed by atoms with van der Waals surface area (Å²) in [5.74, 6) is 0.909. The highest BCUT2D eigenvalue weighted by molar-refractivity contribution is 5.91. The van der Waals surface area contributed by atoms with Gasteiger partial charge in [0, 0.05) is 25.2 Å². The number of benzene rings is 2. The average molecular weight is 476 g/mol. The summed E-state index contributed by atoms with van der Waals surface area (Å²) in [5, 5.41) is 2.78. The lowest BCUT2D eigenvalue weighted by atomic mass is 10.1. The molecular weight excluding hydrogens is 447 g/mol. The van der Waals surface area contributed by atoms with E-state index in [2.05, 4.69) is 10.3 Å². The predicted molar refractivity (Wildman–Crippen MR) is 121 cm³/mol. The van der Waals surface area contributed by atoms with Crippen molar-refractivity contribution < 1.29 is 27.1 Å². The molecule has 0 unspecified atom stereocenters. The normalized spacial score (nSPS) is 11.8. The van der Waals surface area contributed by atoms with Crippen LogP contribution in [-0.4, -0.2) is 29.4 Å². The number of nitrogens with one attached hydrogen (secondary N) is 1. The molecular formula is C25H28F3N3O3. The van der Waals surface area contributed by atoms with Crippen molar-refractivity contribution in [3.05, 3.63) is 83.1 Å². The first-order chi connectivity index (χ1) is 16.2. The van der Waals surface area contributed by atoms with Crippen LogP contribution in [0.1, 0.15) is 46.9 Å². The quantitative estimate of drug-likeness (QED) is 0.432. The number of rotatable bonds is 10. The highest BCUT2D eigenvalue weighted by Gasteiger charge is 2.30. The minimum Gasteiger partial charge on any atom is -0.496 e. The van der Waals surface area contributed by atoms with Crippen LogP contribution in [0.25, 0.3) is 0 Å². The van der Waals surface area contributed by atoms with Crippen molar-refractivity contribution in [2.45, 2.75) is 39.7 Å². The predicted octanol–water partition coefficient (Wildman–Crippen LogP) is 5.29. The average Bonchev–Trinajstić information content (AvgIpc) is 3.26. The molecule has 0 aliphatic heterocycles. The Kier molecular flexibility index (Phi) is 8.33. The molecule has 0 atom stereocenters. The standard InChI is InChI=1S/C25H28F3N3O3/c1-17(2)12-29-24(32)21-16-34-23(30-21)15-31(14-19-8-4-5-10-22(19)33-3)13-18-7-6-9-20(11-18)25(26,27)28/h4-11,16-17H,12-15H2,1-3H3,(H,29,32). The number of aromatic nitrogens is 1. The summed E-state index contributed by atoms with van der Waals surface area (Å²) in [4.78, 5) is 18.4.